The molecule has 15 heavy (non-hydrogen) atoms. The minimum atomic E-state index is 0.551. The van der Waals surface area contributed by atoms with E-state index in [1.165, 1.54) is 30.5 Å². The van der Waals surface area contributed by atoms with Gasteiger partial charge in [0.25, 0.3) is 0 Å². The molecule has 2 rings (SSSR count). The molecule has 1 atom stereocenters. The summed E-state index contributed by atoms with van der Waals surface area (Å²) >= 11 is 0. The van der Waals surface area contributed by atoms with Crippen LogP contribution in [0.5, 0.6) is 0 Å². The molecule has 1 saturated heterocycles. The fraction of sp³-hybridized carbons (Fsp3) is 0.583. The SMILES string of the molecule is C=C(C)CN1CCCC1c1cnn(C)c1. The van der Waals surface area contributed by atoms with Gasteiger partial charge >= 0.3 is 0 Å². The van der Waals surface area contributed by atoms with E-state index >= 15 is 0 Å². The molecular weight excluding hydrogens is 186 g/mol. The van der Waals surface area contributed by atoms with Gasteiger partial charge in [0.15, 0.2) is 0 Å². The minimum Gasteiger partial charge on any atom is -0.292 e. The molecule has 0 amide bonds. The maximum absolute atomic E-state index is 4.24. The maximum Gasteiger partial charge on any atom is 0.0537 e. The van der Waals surface area contributed by atoms with E-state index in [0.29, 0.717) is 6.04 Å². The Kier molecular flexibility index (Phi) is 2.91. The predicted octanol–water partition coefficient (Wildman–Crippen LogP) is 2.13. The van der Waals surface area contributed by atoms with Crippen molar-refractivity contribution in [2.75, 3.05) is 13.1 Å². The zero-order chi connectivity index (χ0) is 10.8. The molecule has 2 heterocycles. The number of hydrogen-bond donors (Lipinski definition) is 0. The van der Waals surface area contributed by atoms with E-state index in [1.54, 1.807) is 0 Å². The van der Waals surface area contributed by atoms with Crippen LogP contribution in [0.2, 0.25) is 0 Å². The Morgan fingerprint density at radius 1 is 1.67 bits per heavy atom. The molecule has 1 unspecified atom stereocenters. The summed E-state index contributed by atoms with van der Waals surface area (Å²) in [4.78, 5) is 2.50. The highest BCUT2D eigenvalue weighted by Crippen LogP contribution is 2.31. The molecule has 3 nitrogen and oxygen atoms in total. The van der Waals surface area contributed by atoms with E-state index in [2.05, 4.69) is 29.7 Å². The predicted molar refractivity (Wildman–Crippen MR) is 61.6 cm³/mol. The number of rotatable bonds is 3. The second-order valence-electron chi connectivity index (χ2n) is 4.53. The van der Waals surface area contributed by atoms with Crippen molar-refractivity contribution in [1.82, 2.24) is 14.7 Å². The summed E-state index contributed by atoms with van der Waals surface area (Å²) in [6.45, 7) is 8.29. The first-order valence-electron chi connectivity index (χ1n) is 5.54. The summed E-state index contributed by atoms with van der Waals surface area (Å²) in [5.74, 6) is 0. The molecule has 0 saturated carbocycles. The van der Waals surface area contributed by atoms with Gasteiger partial charge in [0.05, 0.1) is 6.20 Å². The van der Waals surface area contributed by atoms with Crippen molar-refractivity contribution < 1.29 is 0 Å². The van der Waals surface area contributed by atoms with Crippen molar-refractivity contribution in [2.24, 2.45) is 7.05 Å². The lowest BCUT2D eigenvalue weighted by molar-refractivity contribution is 0.279. The number of aryl methyl sites for hydroxylation is 1. The molecule has 0 aliphatic carbocycles. The average molecular weight is 205 g/mol. The molecule has 0 aromatic carbocycles. The fourth-order valence-electron chi connectivity index (χ4n) is 2.35. The Bertz CT molecular complexity index is 354. The number of hydrogen-bond acceptors (Lipinski definition) is 2. The normalized spacial score (nSPS) is 22.1. The Morgan fingerprint density at radius 3 is 3.07 bits per heavy atom. The zero-order valence-corrected chi connectivity index (χ0v) is 9.61. The molecule has 3 heteroatoms. The van der Waals surface area contributed by atoms with Crippen molar-refractivity contribution in [3.63, 3.8) is 0 Å². The molecule has 1 aromatic rings. The van der Waals surface area contributed by atoms with E-state index in [9.17, 15) is 0 Å². The van der Waals surface area contributed by atoms with Crippen molar-refractivity contribution in [2.45, 2.75) is 25.8 Å². The van der Waals surface area contributed by atoms with Gasteiger partial charge in [-0.25, -0.2) is 0 Å². The van der Waals surface area contributed by atoms with Gasteiger partial charge in [-0.15, -0.1) is 0 Å². The van der Waals surface area contributed by atoms with Gasteiger partial charge in [-0.1, -0.05) is 12.2 Å². The largest absolute Gasteiger partial charge is 0.292 e. The van der Waals surface area contributed by atoms with Crippen LogP contribution in [-0.2, 0) is 7.05 Å². The van der Waals surface area contributed by atoms with Crippen LogP contribution in [0, 0.1) is 0 Å². The van der Waals surface area contributed by atoms with Gasteiger partial charge < -0.3 is 0 Å². The van der Waals surface area contributed by atoms with Crippen molar-refractivity contribution >= 4 is 0 Å². The minimum absolute atomic E-state index is 0.551. The first kappa shape index (κ1) is 10.4. The van der Waals surface area contributed by atoms with Crippen LogP contribution in [0.1, 0.15) is 31.4 Å². The number of aromatic nitrogens is 2. The van der Waals surface area contributed by atoms with Crippen molar-refractivity contribution in [3.05, 3.63) is 30.1 Å². The molecule has 0 radical (unpaired) electrons. The monoisotopic (exact) mass is 205 g/mol. The van der Waals surface area contributed by atoms with Crippen molar-refractivity contribution in [1.29, 1.82) is 0 Å². The highest BCUT2D eigenvalue weighted by molar-refractivity contribution is 5.13. The molecule has 1 fully saturated rings. The van der Waals surface area contributed by atoms with Gasteiger partial charge in [-0.3, -0.25) is 9.58 Å². The summed E-state index contributed by atoms with van der Waals surface area (Å²) in [6.07, 6.45) is 6.65. The molecule has 1 aliphatic rings. The van der Waals surface area contributed by atoms with E-state index in [1.807, 2.05) is 17.9 Å². The Morgan fingerprint density at radius 2 is 2.47 bits per heavy atom. The van der Waals surface area contributed by atoms with Gasteiger partial charge in [0.2, 0.25) is 0 Å². The van der Waals surface area contributed by atoms with Crippen LogP contribution >= 0.6 is 0 Å². The second kappa shape index (κ2) is 4.19. The van der Waals surface area contributed by atoms with Gasteiger partial charge in [-0.2, -0.15) is 5.10 Å². The molecule has 0 spiro atoms. The van der Waals surface area contributed by atoms with Crippen LogP contribution in [0.25, 0.3) is 0 Å². The Balaban J connectivity index is 2.10. The van der Waals surface area contributed by atoms with Crippen LogP contribution < -0.4 is 0 Å². The van der Waals surface area contributed by atoms with Crippen LogP contribution in [-0.4, -0.2) is 27.8 Å². The fourth-order valence-corrected chi connectivity index (χ4v) is 2.35. The molecular formula is C12H19N3. The first-order valence-corrected chi connectivity index (χ1v) is 5.54. The lowest BCUT2D eigenvalue weighted by atomic mass is 10.1. The van der Waals surface area contributed by atoms with Crippen LogP contribution in [0.15, 0.2) is 24.5 Å². The number of likely N-dealkylation sites (tertiary alicyclic amines) is 1. The summed E-state index contributed by atoms with van der Waals surface area (Å²) in [6, 6.07) is 0.551. The summed E-state index contributed by atoms with van der Waals surface area (Å²) in [5, 5.41) is 4.24. The van der Waals surface area contributed by atoms with E-state index in [4.69, 9.17) is 0 Å². The summed E-state index contributed by atoms with van der Waals surface area (Å²) < 4.78 is 1.88. The third-order valence-corrected chi connectivity index (χ3v) is 2.95. The third-order valence-electron chi connectivity index (χ3n) is 2.95. The second-order valence-corrected chi connectivity index (χ2v) is 4.53. The maximum atomic E-state index is 4.24. The van der Waals surface area contributed by atoms with Crippen LogP contribution in [0.3, 0.4) is 0 Å². The van der Waals surface area contributed by atoms with E-state index in [-0.39, 0.29) is 0 Å². The van der Waals surface area contributed by atoms with Gasteiger partial charge in [0.1, 0.15) is 0 Å². The quantitative estimate of drug-likeness (QED) is 0.705. The first-order chi connectivity index (χ1) is 7.16. The van der Waals surface area contributed by atoms with Gasteiger partial charge in [0, 0.05) is 31.4 Å². The van der Waals surface area contributed by atoms with Gasteiger partial charge in [-0.05, 0) is 26.3 Å². The molecule has 1 aromatic heterocycles. The smallest absolute Gasteiger partial charge is 0.0537 e. The topological polar surface area (TPSA) is 21.1 Å². The lowest BCUT2D eigenvalue weighted by Crippen LogP contribution is -2.24. The lowest BCUT2D eigenvalue weighted by Gasteiger charge is -2.23. The third kappa shape index (κ3) is 2.29. The summed E-state index contributed by atoms with van der Waals surface area (Å²) in [5.41, 5.74) is 2.59. The average Bonchev–Trinajstić information content (AvgIpc) is 2.72. The Labute approximate surface area is 91.4 Å². The Hall–Kier alpha value is -1.09. The highest BCUT2D eigenvalue weighted by Gasteiger charge is 2.26. The number of nitrogens with zero attached hydrogens (tertiary/aromatic N) is 3. The molecule has 0 bridgehead atoms. The zero-order valence-electron chi connectivity index (χ0n) is 9.61. The van der Waals surface area contributed by atoms with Crippen LogP contribution in [0.4, 0.5) is 0 Å². The molecule has 1 aliphatic heterocycles. The highest BCUT2D eigenvalue weighted by atomic mass is 15.3. The molecule has 82 valence electrons. The van der Waals surface area contributed by atoms with E-state index in [0.717, 1.165) is 6.54 Å². The van der Waals surface area contributed by atoms with Crippen molar-refractivity contribution in [3.8, 4) is 0 Å². The molecule has 0 N–H and O–H groups in total. The standard InChI is InChI=1S/C12H19N3/c1-10(2)8-15-6-4-5-12(15)11-7-13-14(3)9-11/h7,9,12H,1,4-6,8H2,2-3H3. The summed E-state index contributed by atoms with van der Waals surface area (Å²) in [7, 11) is 1.97. The van der Waals surface area contributed by atoms with E-state index < -0.39 is 0 Å².